The van der Waals surface area contributed by atoms with Crippen molar-refractivity contribution < 1.29 is 19.0 Å². The molecule has 1 aromatic rings. The van der Waals surface area contributed by atoms with Gasteiger partial charge in [0.2, 0.25) is 5.91 Å². The standard InChI is InChI=1S/C16H22N2O4/c1-20-7-5-16(19)18-8-15(13-10-21-11-14(13)18)22-9-12-4-2-3-6-17-12/h2-4,6,13-15H,5,7-11H2,1H3/t13-,14+,15-/m0/s1. The van der Waals surface area contributed by atoms with Crippen LogP contribution in [0.25, 0.3) is 0 Å². The summed E-state index contributed by atoms with van der Waals surface area (Å²) < 4.78 is 16.6. The molecule has 0 aliphatic carbocycles. The molecule has 6 nitrogen and oxygen atoms in total. The molecule has 0 radical (unpaired) electrons. The summed E-state index contributed by atoms with van der Waals surface area (Å²) >= 11 is 0. The van der Waals surface area contributed by atoms with Gasteiger partial charge < -0.3 is 19.1 Å². The number of methoxy groups -OCH3 is 1. The Balaban J connectivity index is 1.59. The Bertz CT molecular complexity index is 496. The number of ether oxygens (including phenoxy) is 3. The van der Waals surface area contributed by atoms with E-state index in [0.717, 1.165) is 5.69 Å². The summed E-state index contributed by atoms with van der Waals surface area (Å²) in [7, 11) is 1.61. The molecular weight excluding hydrogens is 284 g/mol. The van der Waals surface area contributed by atoms with Crippen LogP contribution in [0.1, 0.15) is 12.1 Å². The predicted octanol–water partition coefficient (Wildman–Crippen LogP) is 0.860. The molecule has 2 fully saturated rings. The monoisotopic (exact) mass is 306 g/mol. The Kier molecular flexibility index (Phi) is 5.02. The molecule has 1 aromatic heterocycles. The van der Waals surface area contributed by atoms with E-state index in [9.17, 15) is 4.79 Å². The van der Waals surface area contributed by atoms with E-state index in [0.29, 0.717) is 39.4 Å². The highest BCUT2D eigenvalue weighted by atomic mass is 16.5. The normalized spacial score (nSPS) is 27.1. The van der Waals surface area contributed by atoms with Gasteiger partial charge in [0, 0.05) is 25.8 Å². The number of carbonyl (C=O) groups is 1. The molecule has 0 bridgehead atoms. The molecule has 0 unspecified atom stereocenters. The van der Waals surface area contributed by atoms with Gasteiger partial charge in [0.25, 0.3) is 0 Å². The zero-order valence-electron chi connectivity index (χ0n) is 12.8. The van der Waals surface area contributed by atoms with Crippen LogP contribution in [0, 0.1) is 5.92 Å². The number of rotatable bonds is 6. The Morgan fingerprint density at radius 3 is 3.14 bits per heavy atom. The first kappa shape index (κ1) is 15.4. The number of carbonyl (C=O) groups excluding carboxylic acids is 1. The number of nitrogens with zero attached hydrogens (tertiary/aromatic N) is 2. The minimum atomic E-state index is 0.0148. The van der Waals surface area contributed by atoms with Crippen LogP contribution in [0.3, 0.4) is 0 Å². The number of likely N-dealkylation sites (tertiary alicyclic amines) is 1. The molecule has 3 atom stereocenters. The highest BCUT2D eigenvalue weighted by molar-refractivity contribution is 5.77. The van der Waals surface area contributed by atoms with Crippen molar-refractivity contribution in [2.75, 3.05) is 33.5 Å². The summed E-state index contributed by atoms with van der Waals surface area (Å²) in [5.74, 6) is 0.376. The lowest BCUT2D eigenvalue weighted by molar-refractivity contribution is -0.133. The van der Waals surface area contributed by atoms with Gasteiger partial charge >= 0.3 is 0 Å². The lowest BCUT2D eigenvalue weighted by atomic mass is 10.0. The summed E-state index contributed by atoms with van der Waals surface area (Å²) in [6.45, 7) is 2.81. The van der Waals surface area contributed by atoms with Crippen molar-refractivity contribution in [3.05, 3.63) is 30.1 Å². The molecule has 0 N–H and O–H groups in total. The average Bonchev–Trinajstić information content (AvgIpc) is 3.14. The Morgan fingerprint density at radius 1 is 1.45 bits per heavy atom. The minimum Gasteiger partial charge on any atom is -0.384 e. The van der Waals surface area contributed by atoms with E-state index in [1.807, 2.05) is 23.1 Å². The second-order valence-electron chi connectivity index (χ2n) is 5.73. The summed E-state index contributed by atoms with van der Waals surface area (Å²) in [6.07, 6.45) is 2.18. The molecule has 6 heteroatoms. The van der Waals surface area contributed by atoms with Gasteiger partial charge in [-0.1, -0.05) is 6.07 Å². The third-order valence-electron chi connectivity index (χ3n) is 4.36. The molecule has 22 heavy (non-hydrogen) atoms. The van der Waals surface area contributed by atoms with E-state index in [1.54, 1.807) is 13.3 Å². The van der Waals surface area contributed by atoms with Crippen LogP contribution >= 0.6 is 0 Å². The fraction of sp³-hybridized carbons (Fsp3) is 0.625. The molecule has 2 saturated heterocycles. The van der Waals surface area contributed by atoms with Crippen molar-refractivity contribution in [3.8, 4) is 0 Å². The molecule has 0 aromatic carbocycles. The van der Waals surface area contributed by atoms with Crippen molar-refractivity contribution in [3.63, 3.8) is 0 Å². The maximum Gasteiger partial charge on any atom is 0.225 e. The quantitative estimate of drug-likeness (QED) is 0.780. The van der Waals surface area contributed by atoms with Gasteiger partial charge in [0.05, 0.1) is 50.7 Å². The average molecular weight is 306 g/mol. The molecule has 1 amide bonds. The zero-order valence-corrected chi connectivity index (χ0v) is 12.8. The highest BCUT2D eigenvalue weighted by Gasteiger charge is 2.47. The molecule has 120 valence electrons. The van der Waals surface area contributed by atoms with E-state index in [4.69, 9.17) is 14.2 Å². The number of hydrogen-bond acceptors (Lipinski definition) is 5. The van der Waals surface area contributed by atoms with E-state index in [2.05, 4.69) is 4.98 Å². The van der Waals surface area contributed by atoms with Crippen LogP contribution in [-0.2, 0) is 25.6 Å². The lowest BCUT2D eigenvalue weighted by Gasteiger charge is -2.22. The summed E-state index contributed by atoms with van der Waals surface area (Å²) in [6, 6.07) is 5.91. The Hall–Kier alpha value is -1.50. The first-order valence-electron chi connectivity index (χ1n) is 7.67. The summed E-state index contributed by atoms with van der Waals surface area (Å²) in [4.78, 5) is 18.5. The van der Waals surface area contributed by atoms with Gasteiger partial charge in [0.1, 0.15) is 0 Å². The maximum absolute atomic E-state index is 12.3. The SMILES string of the molecule is COCCC(=O)N1C[C@H](OCc2ccccn2)[C@H]2COC[C@H]21. The minimum absolute atomic E-state index is 0.0148. The fourth-order valence-electron chi connectivity index (χ4n) is 3.17. The van der Waals surface area contributed by atoms with Gasteiger partial charge in [-0.05, 0) is 12.1 Å². The van der Waals surface area contributed by atoms with Gasteiger partial charge in [0.15, 0.2) is 0 Å². The highest BCUT2D eigenvalue weighted by Crippen LogP contribution is 2.32. The van der Waals surface area contributed by atoms with Crippen molar-refractivity contribution in [1.29, 1.82) is 0 Å². The lowest BCUT2D eigenvalue weighted by Crippen LogP contribution is -2.38. The number of pyridine rings is 1. The summed E-state index contributed by atoms with van der Waals surface area (Å²) in [5, 5.41) is 0. The molecule has 3 rings (SSSR count). The zero-order chi connectivity index (χ0) is 15.4. The second-order valence-corrected chi connectivity index (χ2v) is 5.73. The Morgan fingerprint density at radius 2 is 2.36 bits per heavy atom. The van der Waals surface area contributed by atoms with Crippen molar-refractivity contribution in [2.45, 2.75) is 25.2 Å². The fourth-order valence-corrected chi connectivity index (χ4v) is 3.17. The summed E-state index contributed by atoms with van der Waals surface area (Å²) in [5.41, 5.74) is 0.905. The van der Waals surface area contributed by atoms with E-state index in [-0.39, 0.29) is 24.0 Å². The molecule has 0 saturated carbocycles. The van der Waals surface area contributed by atoms with Crippen molar-refractivity contribution >= 4 is 5.91 Å². The molecule has 2 aliphatic rings. The van der Waals surface area contributed by atoms with Gasteiger partial charge in [-0.3, -0.25) is 9.78 Å². The van der Waals surface area contributed by atoms with E-state index < -0.39 is 0 Å². The van der Waals surface area contributed by atoms with Crippen molar-refractivity contribution in [2.24, 2.45) is 5.92 Å². The number of aromatic nitrogens is 1. The van der Waals surface area contributed by atoms with E-state index >= 15 is 0 Å². The first-order valence-corrected chi connectivity index (χ1v) is 7.67. The molecular formula is C16H22N2O4. The van der Waals surface area contributed by atoms with Crippen LogP contribution in [-0.4, -0.2) is 61.4 Å². The van der Waals surface area contributed by atoms with Gasteiger partial charge in [-0.25, -0.2) is 0 Å². The van der Waals surface area contributed by atoms with Crippen LogP contribution < -0.4 is 0 Å². The number of fused-ring (bicyclic) bond motifs is 1. The first-order chi connectivity index (χ1) is 10.8. The van der Waals surface area contributed by atoms with Crippen LogP contribution in [0.15, 0.2) is 24.4 Å². The number of amides is 1. The maximum atomic E-state index is 12.3. The van der Waals surface area contributed by atoms with Crippen LogP contribution in [0.5, 0.6) is 0 Å². The smallest absolute Gasteiger partial charge is 0.225 e. The van der Waals surface area contributed by atoms with Crippen LogP contribution in [0.2, 0.25) is 0 Å². The van der Waals surface area contributed by atoms with Gasteiger partial charge in [-0.15, -0.1) is 0 Å². The number of hydrogen-bond donors (Lipinski definition) is 0. The second kappa shape index (κ2) is 7.17. The third kappa shape index (κ3) is 3.29. The largest absolute Gasteiger partial charge is 0.384 e. The van der Waals surface area contributed by atoms with Crippen LogP contribution in [0.4, 0.5) is 0 Å². The topological polar surface area (TPSA) is 60.9 Å². The molecule has 2 aliphatic heterocycles. The molecule has 0 spiro atoms. The van der Waals surface area contributed by atoms with Gasteiger partial charge in [-0.2, -0.15) is 0 Å². The Labute approximate surface area is 130 Å². The third-order valence-corrected chi connectivity index (χ3v) is 4.36. The van der Waals surface area contributed by atoms with Crippen molar-refractivity contribution in [1.82, 2.24) is 9.88 Å². The predicted molar refractivity (Wildman–Crippen MR) is 79.1 cm³/mol. The molecule has 3 heterocycles. The van der Waals surface area contributed by atoms with E-state index in [1.165, 1.54) is 0 Å².